The van der Waals surface area contributed by atoms with E-state index in [1.54, 1.807) is 38.9 Å². The van der Waals surface area contributed by atoms with E-state index >= 15 is 0 Å². The first kappa shape index (κ1) is 16.6. The number of rotatable bonds is 4. The number of nitrogens with zero attached hydrogens (tertiary/aromatic N) is 4. The lowest BCUT2D eigenvalue weighted by molar-refractivity contribution is -0.136. The molecule has 2 N–H and O–H groups in total. The number of aromatic hydroxyl groups is 1. The lowest BCUT2D eigenvalue weighted by Gasteiger charge is -2.21. The number of aromatic nitrogens is 2. The van der Waals surface area contributed by atoms with Crippen molar-refractivity contribution in [2.45, 2.75) is 26.1 Å². The molecule has 1 atom stereocenters. The van der Waals surface area contributed by atoms with Gasteiger partial charge in [0, 0.05) is 36.8 Å². The smallest absolute Gasteiger partial charge is 0.228 e. The minimum Gasteiger partial charge on any atom is -0.508 e. The fraction of sp³-hybridized carbons (Fsp3) is 0.389. The number of aliphatic hydroxyl groups excluding tert-OH is 1. The van der Waals surface area contributed by atoms with Gasteiger partial charge in [-0.05, 0) is 12.1 Å². The third-order valence-electron chi connectivity index (χ3n) is 4.98. The highest BCUT2D eigenvalue weighted by Gasteiger charge is 2.39. The molecule has 0 saturated carbocycles. The highest BCUT2D eigenvalue weighted by atomic mass is 16.3. The van der Waals surface area contributed by atoms with Crippen LogP contribution in [0.4, 0.5) is 5.69 Å². The van der Waals surface area contributed by atoms with E-state index in [1.807, 2.05) is 0 Å². The summed E-state index contributed by atoms with van der Waals surface area (Å²) >= 11 is 0. The fourth-order valence-electron chi connectivity index (χ4n) is 3.69. The fourth-order valence-corrected chi connectivity index (χ4v) is 3.69. The van der Waals surface area contributed by atoms with Crippen LogP contribution in [0.5, 0.6) is 5.75 Å². The number of phenolic OH excluding ortho intramolecular Hbond substituents is 1. The van der Waals surface area contributed by atoms with Crippen LogP contribution in [0.3, 0.4) is 0 Å². The molecule has 0 spiro atoms. The van der Waals surface area contributed by atoms with Crippen LogP contribution in [0.25, 0.3) is 0 Å². The predicted molar refractivity (Wildman–Crippen MR) is 92.1 cm³/mol. The molecule has 8 nitrogen and oxygen atoms in total. The van der Waals surface area contributed by atoms with Crippen LogP contribution in [-0.2, 0) is 29.2 Å². The van der Waals surface area contributed by atoms with Gasteiger partial charge in [-0.2, -0.15) is 5.10 Å². The predicted octanol–water partition coefficient (Wildman–Crippen LogP) is 0.476. The van der Waals surface area contributed by atoms with E-state index in [2.05, 4.69) is 5.10 Å². The zero-order chi connectivity index (χ0) is 18.3. The van der Waals surface area contributed by atoms with Crippen LogP contribution in [0.15, 0.2) is 30.5 Å². The Bertz CT molecular complexity index is 863. The van der Waals surface area contributed by atoms with Crippen LogP contribution in [0.1, 0.15) is 17.7 Å². The van der Waals surface area contributed by atoms with Crippen molar-refractivity contribution in [2.75, 3.05) is 18.1 Å². The lowest BCUT2D eigenvalue weighted by Crippen LogP contribution is -2.34. The zero-order valence-corrected chi connectivity index (χ0v) is 14.2. The number of hydrogen-bond acceptors (Lipinski definition) is 5. The van der Waals surface area contributed by atoms with Crippen molar-refractivity contribution in [1.82, 2.24) is 14.7 Å². The van der Waals surface area contributed by atoms with Crippen molar-refractivity contribution in [2.24, 2.45) is 5.92 Å². The third-order valence-corrected chi connectivity index (χ3v) is 4.98. The Morgan fingerprint density at radius 3 is 2.92 bits per heavy atom. The Hall–Kier alpha value is -2.87. The quantitative estimate of drug-likeness (QED) is 0.830. The summed E-state index contributed by atoms with van der Waals surface area (Å²) in [4.78, 5) is 28.5. The first-order chi connectivity index (χ1) is 12.6. The average Bonchev–Trinajstić information content (AvgIpc) is 3.30. The van der Waals surface area contributed by atoms with Crippen LogP contribution < -0.4 is 4.90 Å². The summed E-state index contributed by atoms with van der Waals surface area (Å²) in [7, 11) is 0. The van der Waals surface area contributed by atoms with Crippen molar-refractivity contribution in [3.05, 3.63) is 41.7 Å². The van der Waals surface area contributed by atoms with Gasteiger partial charge >= 0.3 is 0 Å². The minimum atomic E-state index is -0.395. The van der Waals surface area contributed by atoms with Crippen molar-refractivity contribution < 1.29 is 19.8 Å². The summed E-state index contributed by atoms with van der Waals surface area (Å²) in [6.07, 6.45) is 1.90. The number of phenols is 1. The molecule has 1 aromatic heterocycles. The van der Waals surface area contributed by atoms with E-state index in [0.29, 0.717) is 31.9 Å². The number of carbonyl (C=O) groups is 2. The van der Waals surface area contributed by atoms with E-state index in [4.69, 9.17) is 5.11 Å². The van der Waals surface area contributed by atoms with Crippen LogP contribution in [0.2, 0.25) is 0 Å². The Morgan fingerprint density at radius 2 is 2.15 bits per heavy atom. The van der Waals surface area contributed by atoms with Gasteiger partial charge in [-0.1, -0.05) is 6.07 Å². The Balaban J connectivity index is 1.46. The number of fused-ring (bicyclic) bond motifs is 1. The van der Waals surface area contributed by atoms with Gasteiger partial charge < -0.3 is 20.0 Å². The highest BCUT2D eigenvalue weighted by molar-refractivity contribution is 6.00. The minimum absolute atomic E-state index is 0.00191. The van der Waals surface area contributed by atoms with Crippen molar-refractivity contribution >= 4 is 17.5 Å². The Labute approximate surface area is 150 Å². The molecule has 2 aromatic rings. The molecular weight excluding hydrogens is 336 g/mol. The molecule has 1 saturated heterocycles. The number of aliphatic hydroxyl groups is 1. The van der Waals surface area contributed by atoms with Gasteiger partial charge in [0.1, 0.15) is 5.75 Å². The zero-order valence-electron chi connectivity index (χ0n) is 14.2. The standard InChI is InChI=1S/C18H20N4O4/c23-5-4-22-16-11-20(9-13(16)8-19-22)18(26)12-6-17(25)21(10-12)14-2-1-3-15(24)7-14/h1-3,7-8,12,23-24H,4-6,9-11H2. The maximum atomic E-state index is 12.9. The first-order valence-corrected chi connectivity index (χ1v) is 8.59. The summed E-state index contributed by atoms with van der Waals surface area (Å²) in [5, 5.41) is 22.9. The Kier molecular flexibility index (Phi) is 4.12. The largest absolute Gasteiger partial charge is 0.508 e. The summed E-state index contributed by atoms with van der Waals surface area (Å²) in [6, 6.07) is 6.50. The molecule has 1 aromatic carbocycles. The van der Waals surface area contributed by atoms with Gasteiger partial charge in [0.2, 0.25) is 11.8 Å². The van der Waals surface area contributed by atoms with Gasteiger partial charge in [0.15, 0.2) is 0 Å². The number of benzene rings is 1. The number of hydrogen-bond donors (Lipinski definition) is 2. The van der Waals surface area contributed by atoms with Crippen LogP contribution in [-0.4, -0.2) is 49.9 Å². The van der Waals surface area contributed by atoms with E-state index in [-0.39, 0.29) is 30.6 Å². The third kappa shape index (κ3) is 2.82. The van der Waals surface area contributed by atoms with Gasteiger partial charge in [-0.25, -0.2) is 0 Å². The van der Waals surface area contributed by atoms with Gasteiger partial charge in [0.25, 0.3) is 0 Å². The molecule has 0 radical (unpaired) electrons. The molecule has 2 amide bonds. The summed E-state index contributed by atoms with van der Waals surface area (Å²) in [5.41, 5.74) is 2.54. The second-order valence-corrected chi connectivity index (χ2v) is 6.68. The second-order valence-electron chi connectivity index (χ2n) is 6.68. The topological polar surface area (TPSA) is 98.9 Å². The molecule has 3 heterocycles. The molecule has 8 heteroatoms. The molecule has 0 aliphatic carbocycles. The lowest BCUT2D eigenvalue weighted by atomic mass is 10.1. The van der Waals surface area contributed by atoms with E-state index in [1.165, 1.54) is 6.07 Å². The molecular formula is C18H20N4O4. The van der Waals surface area contributed by atoms with Crippen LogP contribution >= 0.6 is 0 Å². The monoisotopic (exact) mass is 356 g/mol. The molecule has 4 rings (SSSR count). The number of anilines is 1. The molecule has 2 aliphatic rings. The van der Waals surface area contributed by atoms with Gasteiger partial charge in [-0.15, -0.1) is 0 Å². The summed E-state index contributed by atoms with van der Waals surface area (Å²) in [6.45, 7) is 1.65. The molecule has 2 aliphatic heterocycles. The maximum absolute atomic E-state index is 12.9. The number of carbonyl (C=O) groups excluding carboxylic acids is 2. The Morgan fingerprint density at radius 1 is 1.31 bits per heavy atom. The average molecular weight is 356 g/mol. The molecule has 1 unspecified atom stereocenters. The number of amides is 2. The molecule has 1 fully saturated rings. The van der Waals surface area contributed by atoms with Crippen molar-refractivity contribution in [3.8, 4) is 5.75 Å². The van der Waals surface area contributed by atoms with Gasteiger partial charge in [0.05, 0.1) is 37.5 Å². The van der Waals surface area contributed by atoms with Crippen LogP contribution in [0, 0.1) is 5.92 Å². The van der Waals surface area contributed by atoms with E-state index < -0.39 is 5.92 Å². The van der Waals surface area contributed by atoms with Gasteiger partial charge in [-0.3, -0.25) is 14.3 Å². The molecule has 136 valence electrons. The molecule has 26 heavy (non-hydrogen) atoms. The van der Waals surface area contributed by atoms with Crippen molar-refractivity contribution in [1.29, 1.82) is 0 Å². The normalized spacial score (nSPS) is 19.3. The van der Waals surface area contributed by atoms with E-state index in [9.17, 15) is 14.7 Å². The SMILES string of the molecule is O=C(C1CC(=O)N(c2cccc(O)c2)C1)N1Cc2cnn(CCO)c2C1. The maximum Gasteiger partial charge on any atom is 0.228 e. The highest BCUT2D eigenvalue weighted by Crippen LogP contribution is 2.31. The second kappa shape index (κ2) is 6.45. The van der Waals surface area contributed by atoms with E-state index in [0.717, 1.165) is 11.3 Å². The summed E-state index contributed by atoms with van der Waals surface area (Å²) < 4.78 is 1.72. The first-order valence-electron chi connectivity index (χ1n) is 8.59. The summed E-state index contributed by atoms with van der Waals surface area (Å²) in [5.74, 6) is -0.466. The van der Waals surface area contributed by atoms with Crippen molar-refractivity contribution in [3.63, 3.8) is 0 Å². The molecule has 0 bridgehead atoms.